The van der Waals surface area contributed by atoms with Crippen molar-refractivity contribution in [3.05, 3.63) is 24.3 Å². The summed E-state index contributed by atoms with van der Waals surface area (Å²) in [5.41, 5.74) is 1.81. The van der Waals surface area contributed by atoms with E-state index in [1.807, 2.05) is 24.3 Å². The molecule has 0 radical (unpaired) electrons. The van der Waals surface area contributed by atoms with Crippen LogP contribution in [0.2, 0.25) is 0 Å². The monoisotopic (exact) mass is 266 g/mol. The number of anilines is 1. The zero-order valence-corrected chi connectivity index (χ0v) is 10.6. The number of para-hydroxylation sites is 2. The van der Waals surface area contributed by atoms with Gasteiger partial charge >= 0.3 is 0 Å². The van der Waals surface area contributed by atoms with Gasteiger partial charge in [-0.1, -0.05) is 12.1 Å². The first-order valence-corrected chi connectivity index (χ1v) is 5.79. The summed E-state index contributed by atoms with van der Waals surface area (Å²) in [5.74, 6) is 0.625. The molecular weight excluding hydrogens is 252 g/mol. The highest BCUT2D eigenvalue weighted by atomic mass is 35.5. The predicted octanol–water partition coefficient (Wildman–Crippen LogP) is 1.53. The Labute approximate surface area is 111 Å². The second-order valence-electron chi connectivity index (χ2n) is 4.28. The number of imidazole rings is 1. The van der Waals surface area contributed by atoms with Gasteiger partial charge in [-0.3, -0.25) is 10.1 Å². The predicted molar refractivity (Wildman–Crippen MR) is 72.9 cm³/mol. The van der Waals surface area contributed by atoms with Crippen molar-refractivity contribution in [3.63, 3.8) is 0 Å². The van der Waals surface area contributed by atoms with Gasteiger partial charge in [0.25, 0.3) is 0 Å². The van der Waals surface area contributed by atoms with Crippen molar-refractivity contribution in [2.45, 2.75) is 6.42 Å². The largest absolute Gasteiger partial charge is 0.324 e. The van der Waals surface area contributed by atoms with Crippen molar-refractivity contribution in [2.75, 3.05) is 18.4 Å². The Morgan fingerprint density at radius 3 is 2.94 bits per heavy atom. The van der Waals surface area contributed by atoms with E-state index in [0.29, 0.717) is 5.95 Å². The standard InChI is InChI=1S/C12H14N4O.ClH/c17-11(8-5-6-13-7-8)16-12-14-9-3-1-2-4-10(9)15-12;/h1-4,8,13H,5-7H2,(H2,14,15,16,17);1H. The molecule has 0 spiro atoms. The number of hydrogen-bond donors (Lipinski definition) is 3. The fraction of sp³-hybridized carbons (Fsp3) is 0.333. The third-order valence-electron chi connectivity index (χ3n) is 3.06. The van der Waals surface area contributed by atoms with Gasteiger partial charge < -0.3 is 10.3 Å². The molecule has 0 saturated carbocycles. The Hall–Kier alpha value is -1.59. The van der Waals surface area contributed by atoms with Crippen LogP contribution in [0, 0.1) is 5.92 Å². The summed E-state index contributed by atoms with van der Waals surface area (Å²) in [5, 5.41) is 6.00. The van der Waals surface area contributed by atoms with E-state index in [1.54, 1.807) is 0 Å². The molecule has 1 aromatic carbocycles. The van der Waals surface area contributed by atoms with E-state index < -0.39 is 0 Å². The number of hydrogen-bond acceptors (Lipinski definition) is 3. The SMILES string of the molecule is Cl.O=C(Nc1nc2ccccc2[nH]1)C1CCNC1. The molecule has 1 unspecified atom stereocenters. The van der Waals surface area contributed by atoms with Crippen LogP contribution in [0.15, 0.2) is 24.3 Å². The molecule has 1 aromatic heterocycles. The lowest BCUT2D eigenvalue weighted by Crippen LogP contribution is -2.25. The number of halogens is 1. The van der Waals surface area contributed by atoms with E-state index in [-0.39, 0.29) is 24.2 Å². The van der Waals surface area contributed by atoms with Crippen LogP contribution >= 0.6 is 12.4 Å². The third kappa shape index (κ3) is 2.47. The first-order chi connectivity index (χ1) is 8.33. The van der Waals surface area contributed by atoms with Gasteiger partial charge in [0, 0.05) is 6.54 Å². The number of aromatic amines is 1. The number of rotatable bonds is 2. The van der Waals surface area contributed by atoms with Crippen molar-refractivity contribution < 1.29 is 4.79 Å². The van der Waals surface area contributed by atoms with Crippen LogP contribution in [0.3, 0.4) is 0 Å². The molecule has 5 nitrogen and oxygen atoms in total. The van der Waals surface area contributed by atoms with E-state index in [0.717, 1.165) is 30.5 Å². The summed E-state index contributed by atoms with van der Waals surface area (Å²) in [6.07, 6.45) is 0.895. The number of aromatic nitrogens is 2. The van der Waals surface area contributed by atoms with Crippen LogP contribution in [0.25, 0.3) is 11.0 Å². The molecule has 2 aromatic rings. The average Bonchev–Trinajstić information content (AvgIpc) is 2.97. The number of fused-ring (bicyclic) bond motifs is 1. The topological polar surface area (TPSA) is 69.8 Å². The minimum atomic E-state index is 0. The molecule has 2 heterocycles. The Morgan fingerprint density at radius 2 is 2.22 bits per heavy atom. The van der Waals surface area contributed by atoms with E-state index in [4.69, 9.17) is 0 Å². The lowest BCUT2D eigenvalue weighted by Gasteiger charge is -2.06. The Morgan fingerprint density at radius 1 is 1.39 bits per heavy atom. The maximum atomic E-state index is 11.9. The summed E-state index contributed by atoms with van der Waals surface area (Å²) in [6.45, 7) is 1.67. The molecule has 1 aliphatic heterocycles. The number of benzene rings is 1. The van der Waals surface area contributed by atoms with E-state index >= 15 is 0 Å². The Kier molecular flexibility index (Phi) is 3.84. The average molecular weight is 267 g/mol. The molecule has 0 aliphatic carbocycles. The molecule has 96 valence electrons. The highest BCUT2D eigenvalue weighted by molar-refractivity contribution is 5.93. The summed E-state index contributed by atoms with van der Waals surface area (Å²) >= 11 is 0. The van der Waals surface area contributed by atoms with Crippen molar-refractivity contribution in [1.82, 2.24) is 15.3 Å². The van der Waals surface area contributed by atoms with Crippen LogP contribution in [0.4, 0.5) is 5.95 Å². The molecule has 3 rings (SSSR count). The number of nitrogens with one attached hydrogen (secondary N) is 3. The maximum Gasteiger partial charge on any atom is 0.231 e. The van der Waals surface area contributed by atoms with Crippen LogP contribution in [-0.4, -0.2) is 29.0 Å². The van der Waals surface area contributed by atoms with Crippen LogP contribution < -0.4 is 10.6 Å². The van der Waals surface area contributed by atoms with Gasteiger partial charge in [-0.25, -0.2) is 4.98 Å². The number of H-pyrrole nitrogens is 1. The summed E-state index contributed by atoms with van der Waals surface area (Å²) in [4.78, 5) is 19.3. The number of nitrogens with zero attached hydrogens (tertiary/aromatic N) is 1. The maximum absolute atomic E-state index is 11.9. The highest BCUT2D eigenvalue weighted by Crippen LogP contribution is 2.15. The molecule has 0 bridgehead atoms. The molecule has 6 heteroatoms. The molecule has 1 aliphatic rings. The first-order valence-electron chi connectivity index (χ1n) is 5.79. The Bertz CT molecular complexity index is 515. The minimum absolute atomic E-state index is 0. The number of carbonyl (C=O) groups excluding carboxylic acids is 1. The molecule has 1 amide bonds. The van der Waals surface area contributed by atoms with Gasteiger partial charge in [0.15, 0.2) is 0 Å². The van der Waals surface area contributed by atoms with Gasteiger partial charge in [-0.2, -0.15) is 0 Å². The lowest BCUT2D eigenvalue weighted by molar-refractivity contribution is -0.119. The van der Waals surface area contributed by atoms with E-state index in [2.05, 4.69) is 20.6 Å². The van der Waals surface area contributed by atoms with Crippen molar-refractivity contribution >= 4 is 35.3 Å². The van der Waals surface area contributed by atoms with Crippen LogP contribution in [-0.2, 0) is 4.79 Å². The number of carbonyl (C=O) groups is 1. The first kappa shape index (κ1) is 12.9. The highest BCUT2D eigenvalue weighted by Gasteiger charge is 2.22. The Balaban J connectivity index is 0.00000120. The van der Waals surface area contributed by atoms with Crippen molar-refractivity contribution in [2.24, 2.45) is 5.92 Å². The van der Waals surface area contributed by atoms with Gasteiger partial charge in [0.05, 0.1) is 17.0 Å². The molecule has 1 saturated heterocycles. The van der Waals surface area contributed by atoms with Crippen molar-refractivity contribution in [1.29, 1.82) is 0 Å². The fourth-order valence-corrected chi connectivity index (χ4v) is 2.11. The zero-order valence-electron chi connectivity index (χ0n) is 9.77. The van der Waals surface area contributed by atoms with Gasteiger partial charge in [-0.05, 0) is 25.1 Å². The normalized spacial score (nSPS) is 18.6. The van der Waals surface area contributed by atoms with Gasteiger partial charge in [0.2, 0.25) is 11.9 Å². The quantitative estimate of drug-likeness (QED) is 0.772. The second kappa shape index (κ2) is 5.37. The second-order valence-corrected chi connectivity index (χ2v) is 4.28. The zero-order chi connectivity index (χ0) is 11.7. The van der Waals surface area contributed by atoms with Gasteiger partial charge in [0.1, 0.15) is 0 Å². The van der Waals surface area contributed by atoms with Crippen molar-refractivity contribution in [3.8, 4) is 0 Å². The molecule has 1 fully saturated rings. The smallest absolute Gasteiger partial charge is 0.231 e. The molecular formula is C12H15ClN4O. The fourth-order valence-electron chi connectivity index (χ4n) is 2.11. The molecule has 18 heavy (non-hydrogen) atoms. The van der Waals surface area contributed by atoms with E-state index in [9.17, 15) is 4.79 Å². The van der Waals surface area contributed by atoms with Gasteiger partial charge in [-0.15, -0.1) is 12.4 Å². The summed E-state index contributed by atoms with van der Waals surface area (Å²) < 4.78 is 0. The minimum Gasteiger partial charge on any atom is -0.324 e. The molecule has 3 N–H and O–H groups in total. The number of amides is 1. The lowest BCUT2D eigenvalue weighted by atomic mass is 10.1. The molecule has 1 atom stereocenters. The van der Waals surface area contributed by atoms with Crippen LogP contribution in [0.1, 0.15) is 6.42 Å². The summed E-state index contributed by atoms with van der Waals surface area (Å²) in [7, 11) is 0. The third-order valence-corrected chi connectivity index (χ3v) is 3.06. The summed E-state index contributed by atoms with van der Waals surface area (Å²) in [6, 6.07) is 7.72. The van der Waals surface area contributed by atoms with Crippen LogP contribution in [0.5, 0.6) is 0 Å². The van der Waals surface area contributed by atoms with E-state index in [1.165, 1.54) is 0 Å².